The van der Waals surface area contributed by atoms with Crippen LogP contribution in [0.5, 0.6) is 5.75 Å². The summed E-state index contributed by atoms with van der Waals surface area (Å²) in [5.74, 6) is 0.472. The Morgan fingerprint density at radius 3 is 2.57 bits per heavy atom. The molecule has 0 saturated carbocycles. The molecule has 2 heterocycles. The van der Waals surface area contributed by atoms with Crippen LogP contribution in [0.15, 0.2) is 24.3 Å². The van der Waals surface area contributed by atoms with Gasteiger partial charge in [-0.25, -0.2) is 4.79 Å². The number of hydrogen-bond acceptors (Lipinski definition) is 4. The first-order valence-corrected chi connectivity index (χ1v) is 7.87. The van der Waals surface area contributed by atoms with E-state index in [1.807, 2.05) is 32.9 Å². The molecule has 1 aromatic rings. The number of piperidine rings is 1. The van der Waals surface area contributed by atoms with Crippen LogP contribution in [0.1, 0.15) is 44.0 Å². The zero-order valence-corrected chi connectivity index (χ0v) is 13.7. The zero-order chi connectivity index (χ0) is 16.7. The van der Waals surface area contributed by atoms with Gasteiger partial charge in [-0.15, -0.1) is 0 Å². The molecule has 124 valence electrons. The van der Waals surface area contributed by atoms with Crippen molar-refractivity contribution in [2.75, 3.05) is 13.1 Å². The number of carbonyl (C=O) groups excluding carboxylic acids is 2. The van der Waals surface area contributed by atoms with E-state index in [0.29, 0.717) is 37.2 Å². The van der Waals surface area contributed by atoms with Gasteiger partial charge in [0.1, 0.15) is 11.4 Å². The first-order chi connectivity index (χ1) is 10.8. The number of rotatable bonds is 0. The first-order valence-electron chi connectivity index (χ1n) is 7.87. The Labute approximate surface area is 135 Å². The van der Waals surface area contributed by atoms with Crippen LogP contribution in [-0.2, 0) is 4.74 Å². The van der Waals surface area contributed by atoms with Crippen molar-refractivity contribution in [3.63, 3.8) is 0 Å². The van der Waals surface area contributed by atoms with Gasteiger partial charge in [-0.2, -0.15) is 0 Å². The van der Waals surface area contributed by atoms with Crippen molar-refractivity contribution in [1.82, 2.24) is 10.2 Å². The summed E-state index contributed by atoms with van der Waals surface area (Å²) in [5, 5.41) is 2.96. The lowest BCUT2D eigenvalue weighted by molar-refractivity contribution is -0.0366. The lowest BCUT2D eigenvalue weighted by Crippen LogP contribution is -2.61. The van der Waals surface area contributed by atoms with E-state index in [4.69, 9.17) is 9.47 Å². The van der Waals surface area contributed by atoms with Crippen LogP contribution in [0.25, 0.3) is 0 Å². The van der Waals surface area contributed by atoms with Crippen LogP contribution in [0.2, 0.25) is 0 Å². The highest BCUT2D eigenvalue weighted by molar-refractivity contribution is 5.98. The minimum absolute atomic E-state index is 0.127. The van der Waals surface area contributed by atoms with E-state index in [1.54, 1.807) is 17.0 Å². The molecule has 6 heteroatoms. The summed E-state index contributed by atoms with van der Waals surface area (Å²) in [5.41, 5.74) is -0.697. The number of hydrogen-bond donors (Lipinski definition) is 1. The standard InChI is InChI=1S/C17H22N2O4/c1-16(2,3)23-15(21)19-10-8-17(9-11-19)18-14(20)12-6-4-5-7-13(12)22-17/h4-7H,8-11H2,1-3H3,(H,18,20). The molecule has 0 aromatic heterocycles. The van der Waals surface area contributed by atoms with Crippen LogP contribution in [0, 0.1) is 0 Å². The Morgan fingerprint density at radius 2 is 1.91 bits per heavy atom. The third-order valence-electron chi connectivity index (χ3n) is 4.00. The number of nitrogens with zero attached hydrogens (tertiary/aromatic N) is 1. The topological polar surface area (TPSA) is 67.9 Å². The predicted octanol–water partition coefficient (Wildman–Crippen LogP) is 2.54. The molecular weight excluding hydrogens is 296 g/mol. The molecule has 3 rings (SSSR count). The Bertz CT molecular complexity index is 628. The molecule has 23 heavy (non-hydrogen) atoms. The molecule has 1 spiro atoms. The van der Waals surface area contributed by atoms with Crippen LogP contribution >= 0.6 is 0 Å². The highest BCUT2D eigenvalue weighted by Crippen LogP contribution is 2.33. The Hall–Kier alpha value is -2.24. The van der Waals surface area contributed by atoms with Crippen molar-refractivity contribution in [2.45, 2.75) is 44.9 Å². The van der Waals surface area contributed by atoms with Crippen LogP contribution in [0.3, 0.4) is 0 Å². The number of fused-ring (bicyclic) bond motifs is 1. The fraction of sp³-hybridized carbons (Fsp3) is 0.529. The maximum absolute atomic E-state index is 12.3. The fourth-order valence-corrected chi connectivity index (χ4v) is 2.86. The summed E-state index contributed by atoms with van der Waals surface area (Å²) in [4.78, 5) is 26.0. The number of ether oxygens (including phenoxy) is 2. The summed E-state index contributed by atoms with van der Waals surface area (Å²) in [6.45, 7) is 6.50. The molecular formula is C17H22N2O4. The average molecular weight is 318 g/mol. The molecule has 0 aliphatic carbocycles. The molecule has 2 aliphatic rings. The van der Waals surface area contributed by atoms with Crippen molar-refractivity contribution in [3.8, 4) is 5.75 Å². The third-order valence-corrected chi connectivity index (χ3v) is 4.00. The molecule has 1 fully saturated rings. The van der Waals surface area contributed by atoms with Gasteiger partial charge in [0.05, 0.1) is 5.56 Å². The van der Waals surface area contributed by atoms with E-state index in [2.05, 4.69) is 5.32 Å². The van der Waals surface area contributed by atoms with Gasteiger partial charge >= 0.3 is 6.09 Å². The maximum Gasteiger partial charge on any atom is 0.410 e. The van der Waals surface area contributed by atoms with E-state index < -0.39 is 11.3 Å². The smallest absolute Gasteiger partial charge is 0.410 e. The molecule has 2 amide bonds. The predicted molar refractivity (Wildman–Crippen MR) is 84.3 cm³/mol. The third kappa shape index (κ3) is 3.25. The van der Waals surface area contributed by atoms with Gasteiger partial charge in [0.15, 0.2) is 5.72 Å². The van der Waals surface area contributed by atoms with Crippen molar-refractivity contribution >= 4 is 12.0 Å². The minimum atomic E-state index is -0.732. The van der Waals surface area contributed by atoms with Crippen molar-refractivity contribution in [3.05, 3.63) is 29.8 Å². The summed E-state index contributed by atoms with van der Waals surface area (Å²) >= 11 is 0. The molecule has 1 aromatic carbocycles. The zero-order valence-electron chi connectivity index (χ0n) is 13.7. The van der Waals surface area contributed by atoms with Gasteiger partial charge in [0.2, 0.25) is 0 Å². The Balaban J connectivity index is 1.67. The van der Waals surface area contributed by atoms with E-state index >= 15 is 0 Å². The van der Waals surface area contributed by atoms with E-state index in [0.717, 1.165) is 0 Å². The fourth-order valence-electron chi connectivity index (χ4n) is 2.86. The summed E-state index contributed by atoms with van der Waals surface area (Å²) in [6, 6.07) is 7.20. The van der Waals surface area contributed by atoms with Crippen LogP contribution in [0.4, 0.5) is 4.79 Å². The van der Waals surface area contributed by atoms with Crippen molar-refractivity contribution in [1.29, 1.82) is 0 Å². The lowest BCUT2D eigenvalue weighted by Gasteiger charge is -2.44. The van der Waals surface area contributed by atoms with Crippen LogP contribution in [-0.4, -0.2) is 41.3 Å². The molecule has 1 saturated heterocycles. The largest absolute Gasteiger partial charge is 0.467 e. The second-order valence-corrected chi connectivity index (χ2v) is 7.01. The normalized spacial score (nSPS) is 19.6. The molecule has 0 radical (unpaired) electrons. The second kappa shape index (κ2) is 5.44. The molecule has 0 atom stereocenters. The maximum atomic E-state index is 12.3. The lowest BCUT2D eigenvalue weighted by atomic mass is 9.97. The number of nitrogens with one attached hydrogen (secondary N) is 1. The molecule has 1 N–H and O–H groups in total. The number of para-hydroxylation sites is 1. The number of benzene rings is 1. The highest BCUT2D eigenvalue weighted by Gasteiger charge is 2.43. The van der Waals surface area contributed by atoms with Gasteiger partial charge in [0.25, 0.3) is 5.91 Å². The van der Waals surface area contributed by atoms with Gasteiger partial charge in [-0.05, 0) is 32.9 Å². The van der Waals surface area contributed by atoms with Crippen LogP contribution < -0.4 is 10.1 Å². The van der Waals surface area contributed by atoms with Gasteiger partial charge < -0.3 is 19.7 Å². The summed E-state index contributed by atoms with van der Waals surface area (Å²) < 4.78 is 11.4. The Morgan fingerprint density at radius 1 is 1.26 bits per heavy atom. The van der Waals surface area contributed by atoms with Crippen molar-refractivity contribution in [2.24, 2.45) is 0 Å². The summed E-state index contributed by atoms with van der Waals surface area (Å²) in [6.07, 6.45) is 0.744. The van der Waals surface area contributed by atoms with Gasteiger partial charge in [-0.1, -0.05) is 12.1 Å². The van der Waals surface area contributed by atoms with E-state index in [9.17, 15) is 9.59 Å². The SMILES string of the molecule is CC(C)(C)OC(=O)N1CCC2(CC1)NC(=O)c1ccccc1O2. The van der Waals surface area contributed by atoms with E-state index in [-0.39, 0.29) is 12.0 Å². The Kier molecular flexibility index (Phi) is 3.70. The second-order valence-electron chi connectivity index (χ2n) is 7.01. The number of amides is 2. The van der Waals surface area contributed by atoms with Gasteiger partial charge in [0, 0.05) is 25.9 Å². The van der Waals surface area contributed by atoms with E-state index in [1.165, 1.54) is 0 Å². The molecule has 6 nitrogen and oxygen atoms in total. The minimum Gasteiger partial charge on any atom is -0.467 e. The summed E-state index contributed by atoms with van der Waals surface area (Å²) in [7, 11) is 0. The quantitative estimate of drug-likeness (QED) is 0.798. The monoisotopic (exact) mass is 318 g/mol. The average Bonchev–Trinajstić information content (AvgIpc) is 2.46. The molecule has 0 unspecified atom stereocenters. The molecule has 0 bridgehead atoms. The highest BCUT2D eigenvalue weighted by atomic mass is 16.6. The molecule has 2 aliphatic heterocycles. The first kappa shape index (κ1) is 15.6. The number of likely N-dealkylation sites (tertiary alicyclic amines) is 1. The van der Waals surface area contributed by atoms with Gasteiger partial charge in [-0.3, -0.25) is 4.79 Å². The van der Waals surface area contributed by atoms with Crippen molar-refractivity contribution < 1.29 is 19.1 Å². The number of carbonyl (C=O) groups is 2.